The van der Waals surface area contributed by atoms with Gasteiger partial charge in [-0.1, -0.05) is 19.1 Å². The number of carbonyl (C=O) groups excluding carboxylic acids is 1. The second kappa shape index (κ2) is 10.0. The number of alkyl halides is 3. The minimum atomic E-state index is -4.36. The van der Waals surface area contributed by atoms with E-state index >= 15 is 0 Å². The van der Waals surface area contributed by atoms with Crippen LogP contribution >= 0.6 is 12.4 Å². The summed E-state index contributed by atoms with van der Waals surface area (Å²) in [5, 5.41) is 0. The number of halogens is 4. The Kier molecular flexibility index (Phi) is 8.70. The molecule has 1 atom stereocenters. The van der Waals surface area contributed by atoms with Gasteiger partial charge in [0, 0.05) is 25.3 Å². The van der Waals surface area contributed by atoms with Gasteiger partial charge < -0.3 is 10.6 Å². The third-order valence-corrected chi connectivity index (χ3v) is 4.39. The van der Waals surface area contributed by atoms with Crippen LogP contribution in [0.3, 0.4) is 0 Å². The fourth-order valence-electron chi connectivity index (χ4n) is 3.36. The Hall–Kier alpha value is -1.47. The molecule has 1 aliphatic rings. The van der Waals surface area contributed by atoms with Gasteiger partial charge in [-0.15, -0.1) is 12.4 Å². The first kappa shape index (κ1) is 22.6. The lowest BCUT2D eigenvalue weighted by Gasteiger charge is -2.35. The SMILES string of the molecule is CCCN(CC(F)(F)F)C(=O)C1CCCN(Cc2cccc(N)c2)C1.Cl. The molecule has 1 heterocycles. The molecule has 1 aromatic carbocycles. The van der Waals surface area contributed by atoms with Gasteiger partial charge in [-0.2, -0.15) is 13.2 Å². The predicted octanol–water partition coefficient (Wildman–Crippen LogP) is 3.70. The number of anilines is 1. The van der Waals surface area contributed by atoms with E-state index in [1.54, 1.807) is 6.92 Å². The van der Waals surface area contributed by atoms with Crippen LogP contribution in [0.4, 0.5) is 18.9 Å². The maximum atomic E-state index is 12.7. The van der Waals surface area contributed by atoms with E-state index < -0.39 is 12.7 Å². The molecule has 148 valence electrons. The number of nitrogens with zero attached hydrogens (tertiary/aromatic N) is 2. The van der Waals surface area contributed by atoms with E-state index in [0.29, 0.717) is 31.6 Å². The van der Waals surface area contributed by atoms with Crippen LogP contribution in [-0.2, 0) is 11.3 Å². The number of rotatable bonds is 6. The molecule has 0 spiro atoms. The lowest BCUT2D eigenvalue weighted by Crippen LogP contribution is -2.47. The molecule has 0 bridgehead atoms. The van der Waals surface area contributed by atoms with E-state index in [4.69, 9.17) is 5.73 Å². The van der Waals surface area contributed by atoms with Crippen molar-refractivity contribution in [3.8, 4) is 0 Å². The maximum absolute atomic E-state index is 12.7. The van der Waals surface area contributed by atoms with Crippen LogP contribution in [0.1, 0.15) is 31.7 Å². The van der Waals surface area contributed by atoms with E-state index in [0.717, 1.165) is 23.4 Å². The van der Waals surface area contributed by atoms with Crippen molar-refractivity contribution >= 4 is 24.0 Å². The predicted molar refractivity (Wildman–Crippen MR) is 99.0 cm³/mol. The van der Waals surface area contributed by atoms with Gasteiger partial charge in [0.2, 0.25) is 5.91 Å². The molecule has 8 heteroatoms. The van der Waals surface area contributed by atoms with Gasteiger partial charge in [0.05, 0.1) is 5.92 Å². The second-order valence-electron chi connectivity index (χ2n) is 6.69. The monoisotopic (exact) mass is 393 g/mol. The smallest absolute Gasteiger partial charge is 0.399 e. The fraction of sp³-hybridized carbons (Fsp3) is 0.611. The molecule has 1 amide bonds. The van der Waals surface area contributed by atoms with Crippen molar-refractivity contribution in [3.05, 3.63) is 29.8 Å². The average Bonchev–Trinajstić information content (AvgIpc) is 2.53. The fourth-order valence-corrected chi connectivity index (χ4v) is 3.36. The van der Waals surface area contributed by atoms with E-state index in [1.807, 2.05) is 24.3 Å². The molecule has 0 aliphatic carbocycles. The summed E-state index contributed by atoms with van der Waals surface area (Å²) in [4.78, 5) is 15.7. The number of amides is 1. The molecule has 0 radical (unpaired) electrons. The Bertz CT molecular complexity index is 583. The van der Waals surface area contributed by atoms with Crippen LogP contribution in [0, 0.1) is 5.92 Å². The normalized spacial score (nSPS) is 18.2. The number of benzene rings is 1. The molecule has 26 heavy (non-hydrogen) atoms. The molecule has 1 aromatic rings. The maximum Gasteiger partial charge on any atom is 0.406 e. The van der Waals surface area contributed by atoms with Crippen molar-refractivity contribution < 1.29 is 18.0 Å². The first-order valence-electron chi connectivity index (χ1n) is 8.71. The molecular formula is C18H27ClF3N3O. The van der Waals surface area contributed by atoms with Crippen molar-refractivity contribution in [2.45, 2.75) is 38.9 Å². The third-order valence-electron chi connectivity index (χ3n) is 4.39. The van der Waals surface area contributed by atoms with Gasteiger partial charge in [-0.05, 0) is 43.5 Å². The zero-order valence-corrected chi connectivity index (χ0v) is 15.8. The zero-order valence-electron chi connectivity index (χ0n) is 15.0. The largest absolute Gasteiger partial charge is 0.406 e. The highest BCUT2D eigenvalue weighted by molar-refractivity contribution is 5.85. The second-order valence-corrected chi connectivity index (χ2v) is 6.69. The first-order valence-corrected chi connectivity index (χ1v) is 8.71. The third kappa shape index (κ3) is 7.03. The molecule has 4 nitrogen and oxygen atoms in total. The Labute approximate surface area is 158 Å². The highest BCUT2D eigenvalue weighted by Crippen LogP contribution is 2.24. The zero-order chi connectivity index (χ0) is 18.4. The highest BCUT2D eigenvalue weighted by Gasteiger charge is 2.36. The number of nitrogens with two attached hydrogens (primary N) is 1. The van der Waals surface area contributed by atoms with Gasteiger partial charge in [-0.3, -0.25) is 9.69 Å². The summed E-state index contributed by atoms with van der Waals surface area (Å²) in [6, 6.07) is 7.54. The van der Waals surface area contributed by atoms with E-state index in [9.17, 15) is 18.0 Å². The Morgan fingerprint density at radius 3 is 2.73 bits per heavy atom. The summed E-state index contributed by atoms with van der Waals surface area (Å²) in [5.74, 6) is -0.750. The first-order chi connectivity index (χ1) is 11.8. The molecule has 1 fully saturated rings. The number of nitrogen functional groups attached to an aromatic ring is 1. The Balaban J connectivity index is 0.00000338. The van der Waals surface area contributed by atoms with Gasteiger partial charge >= 0.3 is 6.18 Å². The van der Waals surface area contributed by atoms with Crippen LogP contribution in [0.5, 0.6) is 0 Å². The van der Waals surface area contributed by atoms with Gasteiger partial charge in [0.15, 0.2) is 0 Å². The lowest BCUT2D eigenvalue weighted by molar-refractivity contribution is -0.164. The molecule has 1 saturated heterocycles. The summed E-state index contributed by atoms with van der Waals surface area (Å²) in [6.45, 7) is 2.75. The topological polar surface area (TPSA) is 49.6 Å². The van der Waals surface area contributed by atoms with Crippen molar-refractivity contribution in [2.75, 3.05) is 31.9 Å². The summed E-state index contributed by atoms with van der Waals surface area (Å²) >= 11 is 0. The molecule has 0 saturated carbocycles. The molecule has 2 N–H and O–H groups in total. The lowest BCUT2D eigenvalue weighted by atomic mass is 9.95. The van der Waals surface area contributed by atoms with Crippen LogP contribution in [-0.4, -0.2) is 48.1 Å². The van der Waals surface area contributed by atoms with Gasteiger partial charge in [-0.25, -0.2) is 0 Å². The molecule has 1 aliphatic heterocycles. The van der Waals surface area contributed by atoms with Crippen molar-refractivity contribution in [2.24, 2.45) is 5.92 Å². The van der Waals surface area contributed by atoms with Crippen LogP contribution < -0.4 is 5.73 Å². The molecule has 1 unspecified atom stereocenters. The highest BCUT2D eigenvalue weighted by atomic mass is 35.5. The van der Waals surface area contributed by atoms with Gasteiger partial charge in [0.1, 0.15) is 6.54 Å². The average molecular weight is 394 g/mol. The molecule has 0 aromatic heterocycles. The number of carbonyl (C=O) groups is 1. The van der Waals surface area contributed by atoms with Crippen LogP contribution in [0.25, 0.3) is 0 Å². The quantitative estimate of drug-likeness (QED) is 0.750. The molecule has 2 rings (SSSR count). The minimum Gasteiger partial charge on any atom is -0.399 e. The number of hydrogen-bond donors (Lipinski definition) is 1. The summed E-state index contributed by atoms with van der Waals surface area (Å²) in [5.41, 5.74) is 7.52. The Morgan fingerprint density at radius 1 is 1.38 bits per heavy atom. The summed E-state index contributed by atoms with van der Waals surface area (Å²) < 4.78 is 38.2. The van der Waals surface area contributed by atoms with Crippen molar-refractivity contribution in [1.82, 2.24) is 9.80 Å². The number of piperidine rings is 1. The van der Waals surface area contributed by atoms with Crippen LogP contribution in [0.15, 0.2) is 24.3 Å². The van der Waals surface area contributed by atoms with Crippen molar-refractivity contribution in [1.29, 1.82) is 0 Å². The minimum absolute atomic E-state index is 0. The van der Waals surface area contributed by atoms with Crippen molar-refractivity contribution in [3.63, 3.8) is 0 Å². The van der Waals surface area contributed by atoms with E-state index in [1.165, 1.54) is 0 Å². The molecular weight excluding hydrogens is 367 g/mol. The van der Waals surface area contributed by atoms with Crippen LogP contribution in [0.2, 0.25) is 0 Å². The standard InChI is InChI=1S/C18H26F3N3O.ClH/c1-2-8-24(13-18(19,20)21)17(25)15-6-4-9-23(12-15)11-14-5-3-7-16(22)10-14;/h3,5,7,10,15H,2,4,6,8-9,11-13,22H2,1H3;1H. The summed E-state index contributed by atoms with van der Waals surface area (Å²) in [7, 11) is 0. The summed E-state index contributed by atoms with van der Waals surface area (Å²) in [6.07, 6.45) is -2.39. The number of likely N-dealkylation sites (tertiary alicyclic amines) is 1. The number of hydrogen-bond acceptors (Lipinski definition) is 3. The van der Waals surface area contributed by atoms with E-state index in [2.05, 4.69) is 4.90 Å². The van der Waals surface area contributed by atoms with Gasteiger partial charge in [0.25, 0.3) is 0 Å². The Morgan fingerprint density at radius 2 is 2.12 bits per heavy atom. The van der Waals surface area contributed by atoms with E-state index in [-0.39, 0.29) is 30.8 Å².